The van der Waals surface area contributed by atoms with Crippen LogP contribution in [0.3, 0.4) is 0 Å². The van der Waals surface area contributed by atoms with Crippen LogP contribution in [0.25, 0.3) is 16.7 Å². The van der Waals surface area contributed by atoms with E-state index in [-0.39, 0.29) is 11.4 Å². The molecule has 0 bridgehead atoms. The molecule has 24 heavy (non-hydrogen) atoms. The molecule has 0 N–H and O–H groups in total. The fraction of sp³-hybridized carbons (Fsp3) is 0.111. The molecule has 3 rings (SSSR count). The highest BCUT2D eigenvalue weighted by Gasteiger charge is 2.26. The van der Waals surface area contributed by atoms with Crippen molar-refractivity contribution in [2.45, 2.75) is 12.8 Å². The van der Waals surface area contributed by atoms with Crippen LogP contribution < -0.4 is 0 Å². The van der Waals surface area contributed by atoms with E-state index in [1.807, 2.05) is 24.3 Å². The maximum Gasteiger partial charge on any atom is 0.284 e. The Bertz CT molecular complexity index is 870. The fourth-order valence-electron chi connectivity index (χ4n) is 2.77. The molecule has 0 spiro atoms. The van der Waals surface area contributed by atoms with Crippen LogP contribution in [0.15, 0.2) is 60.7 Å². The van der Waals surface area contributed by atoms with Gasteiger partial charge in [-0.3, -0.25) is 20.2 Å². The maximum atomic E-state index is 11.4. The monoisotopic (exact) mass is 322 g/mol. The molecule has 2 aromatic rings. The van der Waals surface area contributed by atoms with Gasteiger partial charge in [-0.1, -0.05) is 48.6 Å². The molecule has 1 aliphatic rings. The third-order valence-electron chi connectivity index (χ3n) is 3.90. The molecule has 0 aromatic heterocycles. The smallest absolute Gasteiger partial charge is 0.258 e. The molecule has 0 heterocycles. The summed E-state index contributed by atoms with van der Waals surface area (Å²) in [5, 5.41) is 22.8. The lowest BCUT2D eigenvalue weighted by Crippen LogP contribution is -2.00. The normalized spacial score (nSPS) is 13.4. The van der Waals surface area contributed by atoms with Gasteiger partial charge in [-0.2, -0.15) is 0 Å². The number of benzene rings is 2. The Balaban J connectivity index is 2.28. The molecule has 0 fully saturated rings. The minimum absolute atomic E-state index is 0.251. The number of nitro groups is 2. The molecule has 2 aromatic carbocycles. The minimum Gasteiger partial charge on any atom is -0.258 e. The highest BCUT2D eigenvalue weighted by Crippen LogP contribution is 2.39. The Morgan fingerprint density at radius 3 is 2.08 bits per heavy atom. The van der Waals surface area contributed by atoms with Crippen molar-refractivity contribution in [3.63, 3.8) is 0 Å². The van der Waals surface area contributed by atoms with Gasteiger partial charge in [-0.25, -0.2) is 0 Å². The van der Waals surface area contributed by atoms with Gasteiger partial charge in [0, 0.05) is 0 Å². The predicted molar refractivity (Wildman–Crippen MR) is 91.5 cm³/mol. The third-order valence-corrected chi connectivity index (χ3v) is 3.90. The summed E-state index contributed by atoms with van der Waals surface area (Å²) in [5.74, 6) is 0. The van der Waals surface area contributed by atoms with Gasteiger partial charge in [0.2, 0.25) is 0 Å². The maximum absolute atomic E-state index is 11.4. The van der Waals surface area contributed by atoms with Crippen LogP contribution in [0.2, 0.25) is 0 Å². The Kier molecular flexibility index (Phi) is 4.20. The van der Waals surface area contributed by atoms with Crippen molar-refractivity contribution in [2.75, 3.05) is 0 Å². The van der Waals surface area contributed by atoms with Gasteiger partial charge in [0.05, 0.1) is 27.0 Å². The zero-order valence-electron chi connectivity index (χ0n) is 12.7. The molecule has 6 nitrogen and oxygen atoms in total. The molecule has 120 valence electrons. The van der Waals surface area contributed by atoms with Gasteiger partial charge in [0.25, 0.3) is 11.4 Å². The molecule has 6 heteroatoms. The molecule has 0 aliphatic heterocycles. The van der Waals surface area contributed by atoms with Crippen LogP contribution >= 0.6 is 0 Å². The highest BCUT2D eigenvalue weighted by molar-refractivity contribution is 5.87. The zero-order chi connectivity index (χ0) is 17.1. The van der Waals surface area contributed by atoms with E-state index in [1.54, 1.807) is 30.3 Å². The number of hydrogen-bond donors (Lipinski definition) is 0. The predicted octanol–water partition coefficient (Wildman–Crippen LogP) is 4.90. The summed E-state index contributed by atoms with van der Waals surface area (Å²) < 4.78 is 0. The number of rotatable bonds is 4. The van der Waals surface area contributed by atoms with Gasteiger partial charge in [0.1, 0.15) is 0 Å². The largest absolute Gasteiger partial charge is 0.284 e. The topological polar surface area (TPSA) is 86.3 Å². The standard InChI is InChI=1S/C18H14N2O4/c21-19(22)17-12-18(20(23)24)16(14-9-5-2-6-10-14)11-15(17)13-7-3-1-4-8-13/h1,3-5,7-12H,2,6H2. The lowest BCUT2D eigenvalue weighted by molar-refractivity contribution is -0.393. The van der Waals surface area contributed by atoms with E-state index in [0.29, 0.717) is 16.7 Å². The average molecular weight is 322 g/mol. The summed E-state index contributed by atoms with van der Waals surface area (Å²) in [6, 6.07) is 11.5. The Morgan fingerprint density at radius 2 is 1.50 bits per heavy atom. The number of nitrogens with zero attached hydrogens (tertiary/aromatic N) is 2. The second-order valence-electron chi connectivity index (χ2n) is 5.41. The molecular weight excluding hydrogens is 308 g/mol. The van der Waals surface area contributed by atoms with Gasteiger partial charge < -0.3 is 0 Å². The van der Waals surface area contributed by atoms with Gasteiger partial charge in [0.15, 0.2) is 0 Å². The second-order valence-corrected chi connectivity index (χ2v) is 5.41. The molecule has 0 saturated heterocycles. The van der Waals surface area contributed by atoms with Crippen molar-refractivity contribution >= 4 is 16.9 Å². The lowest BCUT2D eigenvalue weighted by Gasteiger charge is -2.11. The van der Waals surface area contributed by atoms with Crippen LogP contribution in [0.4, 0.5) is 11.4 Å². The molecule has 1 aliphatic carbocycles. The van der Waals surface area contributed by atoms with Crippen molar-refractivity contribution in [2.24, 2.45) is 0 Å². The van der Waals surface area contributed by atoms with Gasteiger partial charge >= 0.3 is 0 Å². The van der Waals surface area contributed by atoms with E-state index in [2.05, 4.69) is 0 Å². The van der Waals surface area contributed by atoms with Crippen molar-refractivity contribution < 1.29 is 9.85 Å². The summed E-state index contributed by atoms with van der Waals surface area (Å²) in [4.78, 5) is 21.7. The fourth-order valence-corrected chi connectivity index (χ4v) is 2.77. The van der Waals surface area contributed by atoms with Crippen molar-refractivity contribution in [1.29, 1.82) is 0 Å². The zero-order valence-corrected chi connectivity index (χ0v) is 12.7. The van der Waals surface area contributed by atoms with Crippen molar-refractivity contribution in [3.8, 4) is 11.1 Å². The first-order chi connectivity index (χ1) is 11.6. The van der Waals surface area contributed by atoms with Crippen LogP contribution in [0.1, 0.15) is 18.4 Å². The van der Waals surface area contributed by atoms with Crippen LogP contribution in [0.5, 0.6) is 0 Å². The molecular formula is C18H14N2O4. The Labute approximate surface area is 138 Å². The number of hydrogen-bond acceptors (Lipinski definition) is 4. The third kappa shape index (κ3) is 2.94. The first-order valence-corrected chi connectivity index (χ1v) is 7.47. The van der Waals surface area contributed by atoms with Crippen molar-refractivity contribution in [3.05, 3.63) is 86.5 Å². The first kappa shape index (κ1) is 15.6. The summed E-state index contributed by atoms with van der Waals surface area (Å²) in [6.07, 6.45) is 7.37. The molecule has 0 saturated carbocycles. The van der Waals surface area contributed by atoms with Crippen LogP contribution in [-0.2, 0) is 0 Å². The van der Waals surface area contributed by atoms with E-state index >= 15 is 0 Å². The lowest BCUT2D eigenvalue weighted by atomic mass is 9.93. The van der Waals surface area contributed by atoms with Gasteiger partial charge in [-0.05, 0) is 30.0 Å². The summed E-state index contributed by atoms with van der Waals surface area (Å²) >= 11 is 0. The Hall–Kier alpha value is -3.28. The van der Waals surface area contributed by atoms with E-state index in [9.17, 15) is 20.2 Å². The van der Waals surface area contributed by atoms with Gasteiger partial charge in [-0.15, -0.1) is 0 Å². The molecule has 0 amide bonds. The van der Waals surface area contributed by atoms with E-state index in [0.717, 1.165) is 24.5 Å². The Morgan fingerprint density at radius 1 is 0.833 bits per heavy atom. The molecule has 0 unspecified atom stereocenters. The van der Waals surface area contributed by atoms with Crippen LogP contribution in [0, 0.1) is 20.2 Å². The van der Waals surface area contributed by atoms with Crippen LogP contribution in [-0.4, -0.2) is 9.85 Å². The number of nitro benzene ring substituents is 2. The number of allylic oxidation sites excluding steroid dienone is 4. The molecule has 0 atom stereocenters. The summed E-state index contributed by atoms with van der Waals surface area (Å²) in [6.45, 7) is 0. The highest BCUT2D eigenvalue weighted by atomic mass is 16.6. The minimum atomic E-state index is -0.579. The first-order valence-electron chi connectivity index (χ1n) is 7.47. The average Bonchev–Trinajstić information content (AvgIpc) is 2.62. The summed E-state index contributed by atoms with van der Waals surface area (Å²) in [5.41, 5.74) is 1.64. The van der Waals surface area contributed by atoms with E-state index in [4.69, 9.17) is 0 Å². The van der Waals surface area contributed by atoms with Crippen molar-refractivity contribution in [1.82, 2.24) is 0 Å². The summed E-state index contributed by atoms with van der Waals surface area (Å²) in [7, 11) is 0. The quantitative estimate of drug-likeness (QED) is 0.591. The van der Waals surface area contributed by atoms with E-state index in [1.165, 1.54) is 0 Å². The molecule has 0 radical (unpaired) electrons. The second kappa shape index (κ2) is 6.45. The van der Waals surface area contributed by atoms with E-state index < -0.39 is 9.85 Å². The SMILES string of the molecule is O=[N+]([O-])c1cc([N+](=O)[O-])c(-c2ccccc2)cc1C1=CCCC=C1.